The fourth-order valence-electron chi connectivity index (χ4n) is 2.16. The zero-order valence-corrected chi connectivity index (χ0v) is 12.8. The lowest BCUT2D eigenvalue weighted by molar-refractivity contribution is 0.0946. The highest BCUT2D eigenvalue weighted by Gasteiger charge is 2.27. The van der Waals surface area contributed by atoms with E-state index in [-0.39, 0.29) is 5.91 Å². The predicted octanol–water partition coefficient (Wildman–Crippen LogP) is 3.33. The largest absolute Gasteiger partial charge is 0.370 e. The van der Waals surface area contributed by atoms with Crippen LogP contribution in [0.4, 0.5) is 5.82 Å². The summed E-state index contributed by atoms with van der Waals surface area (Å²) in [6, 6.07) is 3.36. The van der Waals surface area contributed by atoms with Gasteiger partial charge in [-0.2, -0.15) is 0 Å². The van der Waals surface area contributed by atoms with Gasteiger partial charge in [-0.15, -0.1) is 0 Å². The number of nitrogens with one attached hydrogen (secondary N) is 2. The number of carbonyl (C=O) groups excluding carboxylic acids is 1. The third kappa shape index (κ3) is 4.37. The summed E-state index contributed by atoms with van der Waals surface area (Å²) in [6.07, 6.45) is 3.58. The Balaban J connectivity index is 1.95. The van der Waals surface area contributed by atoms with Crippen LogP contribution in [0.1, 0.15) is 43.5 Å². The van der Waals surface area contributed by atoms with Crippen molar-refractivity contribution >= 4 is 23.3 Å². The molecular formula is C15H22ClN3O. The van der Waals surface area contributed by atoms with Crippen molar-refractivity contribution in [2.45, 2.75) is 33.1 Å². The summed E-state index contributed by atoms with van der Waals surface area (Å²) < 4.78 is 0. The first-order valence-corrected chi connectivity index (χ1v) is 7.67. The molecule has 0 saturated heterocycles. The number of pyridine rings is 1. The lowest BCUT2D eigenvalue weighted by atomic mass is 10.1. The number of hydrogen-bond donors (Lipinski definition) is 2. The minimum absolute atomic E-state index is 0.0821. The molecular weight excluding hydrogens is 274 g/mol. The summed E-state index contributed by atoms with van der Waals surface area (Å²) >= 11 is 5.97. The van der Waals surface area contributed by atoms with E-state index in [1.54, 1.807) is 12.1 Å². The highest BCUT2D eigenvalue weighted by molar-refractivity contribution is 6.29. The highest BCUT2D eigenvalue weighted by atomic mass is 35.5. The van der Waals surface area contributed by atoms with Crippen molar-refractivity contribution in [3.05, 3.63) is 22.8 Å². The fraction of sp³-hybridized carbons (Fsp3) is 0.600. The van der Waals surface area contributed by atoms with Crippen LogP contribution in [0.5, 0.6) is 0 Å². The zero-order chi connectivity index (χ0) is 14.5. The maximum atomic E-state index is 12.1. The van der Waals surface area contributed by atoms with E-state index in [2.05, 4.69) is 29.5 Å². The van der Waals surface area contributed by atoms with E-state index >= 15 is 0 Å². The van der Waals surface area contributed by atoms with Gasteiger partial charge in [0.15, 0.2) is 0 Å². The standard InChI is InChI=1S/C15H22ClN3O/c1-3-6-17-14-8-12(7-13(16)19-14)15(20)18-9-10(2)11-4-5-11/h7-8,10-11H,3-6,9H2,1-2H3,(H,17,19)(H,18,20). The monoisotopic (exact) mass is 295 g/mol. The summed E-state index contributed by atoms with van der Waals surface area (Å²) in [4.78, 5) is 16.3. The van der Waals surface area contributed by atoms with E-state index in [0.717, 1.165) is 25.4 Å². The smallest absolute Gasteiger partial charge is 0.251 e. The molecule has 1 fully saturated rings. The fourth-order valence-corrected chi connectivity index (χ4v) is 2.37. The lowest BCUT2D eigenvalue weighted by Gasteiger charge is -2.12. The number of carbonyl (C=O) groups is 1. The van der Waals surface area contributed by atoms with E-state index in [9.17, 15) is 4.79 Å². The van der Waals surface area contributed by atoms with Crippen LogP contribution in [0.15, 0.2) is 12.1 Å². The molecule has 1 atom stereocenters. The van der Waals surface area contributed by atoms with E-state index < -0.39 is 0 Å². The third-order valence-corrected chi connectivity index (χ3v) is 3.82. The Hall–Kier alpha value is -1.29. The maximum Gasteiger partial charge on any atom is 0.251 e. The summed E-state index contributed by atoms with van der Waals surface area (Å²) in [5, 5.41) is 6.46. The van der Waals surface area contributed by atoms with Crippen molar-refractivity contribution in [1.29, 1.82) is 0 Å². The van der Waals surface area contributed by atoms with E-state index in [1.165, 1.54) is 12.8 Å². The van der Waals surface area contributed by atoms with Crippen molar-refractivity contribution in [1.82, 2.24) is 10.3 Å². The molecule has 2 rings (SSSR count). The first-order valence-electron chi connectivity index (χ1n) is 7.29. The van der Waals surface area contributed by atoms with Gasteiger partial charge in [-0.25, -0.2) is 4.98 Å². The summed E-state index contributed by atoms with van der Waals surface area (Å²) in [6.45, 7) is 5.80. The second kappa shape index (κ2) is 6.93. The van der Waals surface area contributed by atoms with Crippen LogP contribution in [0.2, 0.25) is 5.15 Å². The molecule has 0 aromatic carbocycles. The molecule has 0 bridgehead atoms. The lowest BCUT2D eigenvalue weighted by Crippen LogP contribution is -2.29. The second-order valence-electron chi connectivity index (χ2n) is 5.52. The van der Waals surface area contributed by atoms with Crippen molar-refractivity contribution < 1.29 is 4.79 Å². The predicted molar refractivity (Wildman–Crippen MR) is 82.2 cm³/mol. The Morgan fingerprint density at radius 3 is 2.90 bits per heavy atom. The molecule has 4 nitrogen and oxygen atoms in total. The molecule has 1 unspecified atom stereocenters. The number of anilines is 1. The van der Waals surface area contributed by atoms with Crippen LogP contribution in [-0.2, 0) is 0 Å². The van der Waals surface area contributed by atoms with Crippen molar-refractivity contribution in [3.63, 3.8) is 0 Å². The van der Waals surface area contributed by atoms with Gasteiger partial charge in [-0.05, 0) is 43.2 Å². The van der Waals surface area contributed by atoms with E-state index in [1.807, 2.05) is 0 Å². The van der Waals surface area contributed by atoms with Gasteiger partial charge >= 0.3 is 0 Å². The van der Waals surface area contributed by atoms with Crippen molar-refractivity contribution in [3.8, 4) is 0 Å². The molecule has 1 aliphatic rings. The number of rotatable bonds is 7. The molecule has 1 saturated carbocycles. The molecule has 1 aromatic heterocycles. The minimum atomic E-state index is -0.0821. The summed E-state index contributed by atoms with van der Waals surface area (Å²) in [5.41, 5.74) is 0.562. The molecule has 0 radical (unpaired) electrons. The molecule has 0 spiro atoms. The maximum absolute atomic E-state index is 12.1. The van der Waals surface area contributed by atoms with Gasteiger partial charge in [-0.3, -0.25) is 4.79 Å². The first-order chi connectivity index (χ1) is 9.60. The van der Waals surface area contributed by atoms with Crippen LogP contribution < -0.4 is 10.6 Å². The molecule has 1 heterocycles. The Morgan fingerprint density at radius 1 is 1.50 bits per heavy atom. The van der Waals surface area contributed by atoms with E-state index in [4.69, 9.17) is 11.6 Å². The Morgan fingerprint density at radius 2 is 2.25 bits per heavy atom. The Kier molecular flexibility index (Phi) is 5.24. The Bertz CT molecular complexity index is 474. The number of nitrogens with zero attached hydrogens (tertiary/aromatic N) is 1. The van der Waals surface area contributed by atoms with Crippen LogP contribution in [-0.4, -0.2) is 24.0 Å². The molecule has 5 heteroatoms. The molecule has 110 valence electrons. The highest BCUT2D eigenvalue weighted by Crippen LogP contribution is 2.36. The number of hydrogen-bond acceptors (Lipinski definition) is 3. The number of halogens is 1. The zero-order valence-electron chi connectivity index (χ0n) is 12.1. The van der Waals surface area contributed by atoms with Crippen LogP contribution in [0.3, 0.4) is 0 Å². The van der Waals surface area contributed by atoms with Gasteiger partial charge in [0.1, 0.15) is 11.0 Å². The summed E-state index contributed by atoms with van der Waals surface area (Å²) in [7, 11) is 0. The van der Waals surface area contributed by atoms with Crippen LogP contribution >= 0.6 is 11.6 Å². The van der Waals surface area contributed by atoms with Gasteiger partial charge < -0.3 is 10.6 Å². The molecule has 1 aromatic rings. The van der Waals surface area contributed by atoms with Gasteiger partial charge in [0.05, 0.1) is 0 Å². The van der Waals surface area contributed by atoms with Gasteiger partial charge in [-0.1, -0.05) is 25.4 Å². The second-order valence-corrected chi connectivity index (χ2v) is 5.90. The molecule has 20 heavy (non-hydrogen) atoms. The molecule has 1 amide bonds. The minimum Gasteiger partial charge on any atom is -0.370 e. The van der Waals surface area contributed by atoms with E-state index in [0.29, 0.717) is 22.5 Å². The number of aromatic nitrogens is 1. The average molecular weight is 296 g/mol. The van der Waals surface area contributed by atoms with Crippen molar-refractivity contribution in [2.75, 3.05) is 18.4 Å². The van der Waals surface area contributed by atoms with Crippen LogP contribution in [0, 0.1) is 11.8 Å². The van der Waals surface area contributed by atoms with Gasteiger partial charge in [0.2, 0.25) is 0 Å². The normalized spacial score (nSPS) is 15.8. The topological polar surface area (TPSA) is 54.0 Å². The summed E-state index contributed by atoms with van der Waals surface area (Å²) in [5.74, 6) is 1.91. The van der Waals surface area contributed by atoms with Gasteiger partial charge in [0, 0.05) is 18.7 Å². The Labute approximate surface area is 125 Å². The van der Waals surface area contributed by atoms with Gasteiger partial charge in [0.25, 0.3) is 5.91 Å². The molecule has 2 N–H and O–H groups in total. The first kappa shape index (κ1) is 15.1. The quantitative estimate of drug-likeness (QED) is 0.759. The number of amides is 1. The molecule has 1 aliphatic carbocycles. The van der Waals surface area contributed by atoms with Crippen molar-refractivity contribution in [2.24, 2.45) is 11.8 Å². The van der Waals surface area contributed by atoms with Crippen LogP contribution in [0.25, 0.3) is 0 Å². The molecule has 0 aliphatic heterocycles. The SMILES string of the molecule is CCCNc1cc(C(=O)NCC(C)C2CC2)cc(Cl)n1. The average Bonchev–Trinajstić information content (AvgIpc) is 3.26. The third-order valence-electron chi connectivity index (χ3n) is 3.62.